The first-order valence-electron chi connectivity index (χ1n) is 10.2. The van der Waals surface area contributed by atoms with E-state index >= 15 is 0 Å². The molecule has 1 aromatic carbocycles. The van der Waals surface area contributed by atoms with Crippen LogP contribution in [-0.2, 0) is 11.2 Å². The molecule has 3 aliphatic carbocycles. The van der Waals surface area contributed by atoms with Crippen molar-refractivity contribution in [2.24, 2.45) is 23.7 Å². The average Bonchev–Trinajstić information content (AvgIpc) is 2.65. The first-order valence-corrected chi connectivity index (χ1v) is 11.3. The van der Waals surface area contributed by atoms with Gasteiger partial charge in [0, 0.05) is 21.5 Å². The molecule has 0 spiro atoms. The number of benzene rings is 1. The van der Waals surface area contributed by atoms with Crippen molar-refractivity contribution in [2.45, 2.75) is 51.4 Å². The number of carboxylic acid groups (broad SMARTS) is 1. The first kappa shape index (κ1) is 21.7. The smallest absolute Gasteiger partial charge is 0.303 e. The van der Waals surface area contributed by atoms with E-state index in [2.05, 4.69) is 24.3 Å². The lowest BCUT2D eigenvalue weighted by molar-refractivity contribution is -0.137. The van der Waals surface area contributed by atoms with Gasteiger partial charge in [-0.15, -0.1) is 0 Å². The van der Waals surface area contributed by atoms with Crippen molar-refractivity contribution in [1.29, 1.82) is 0 Å². The number of allylic oxidation sites excluding steroid dienone is 4. The zero-order valence-electron chi connectivity index (χ0n) is 15.9. The minimum absolute atomic E-state index is 0.243. The first-order chi connectivity index (χ1) is 13.5. The van der Waals surface area contributed by atoms with Gasteiger partial charge in [0.15, 0.2) is 0 Å². The maximum absolute atomic E-state index is 10.7. The lowest BCUT2D eigenvalue weighted by Gasteiger charge is -2.44. The lowest BCUT2D eigenvalue weighted by Crippen LogP contribution is -2.35. The SMILES string of the molecule is O=C(O)CCC/C=C\[C@@H]1[C@@H](CCCc2c(Cl)cc(Cl)cc2Cl)[C@H]2C=C[C@@H]1CC2. The summed E-state index contributed by atoms with van der Waals surface area (Å²) in [6.45, 7) is 0. The molecule has 0 unspecified atom stereocenters. The molecule has 0 radical (unpaired) electrons. The molecule has 1 aromatic rings. The van der Waals surface area contributed by atoms with Crippen LogP contribution in [-0.4, -0.2) is 11.1 Å². The Kier molecular flexibility index (Phi) is 7.91. The topological polar surface area (TPSA) is 37.3 Å². The summed E-state index contributed by atoms with van der Waals surface area (Å²) in [5, 5.41) is 10.6. The molecule has 4 rings (SSSR count). The minimum Gasteiger partial charge on any atom is -0.481 e. The van der Waals surface area contributed by atoms with Gasteiger partial charge in [-0.3, -0.25) is 4.79 Å². The summed E-state index contributed by atoms with van der Waals surface area (Å²) in [6.07, 6.45) is 16.7. The second-order valence-electron chi connectivity index (χ2n) is 7.99. The van der Waals surface area contributed by atoms with Crippen molar-refractivity contribution in [1.82, 2.24) is 0 Å². The summed E-state index contributed by atoms with van der Waals surface area (Å²) in [5.41, 5.74) is 0.991. The van der Waals surface area contributed by atoms with Crippen LogP contribution in [0.4, 0.5) is 0 Å². The van der Waals surface area contributed by atoms with Crippen LogP contribution >= 0.6 is 34.8 Å². The normalized spacial score (nSPS) is 26.2. The molecule has 1 N–H and O–H groups in total. The van der Waals surface area contributed by atoms with Gasteiger partial charge < -0.3 is 5.11 Å². The van der Waals surface area contributed by atoms with Crippen molar-refractivity contribution in [3.8, 4) is 0 Å². The Bertz CT molecular complexity index is 733. The Morgan fingerprint density at radius 1 is 1.07 bits per heavy atom. The maximum atomic E-state index is 10.7. The minimum atomic E-state index is -0.717. The lowest BCUT2D eigenvalue weighted by atomic mass is 9.61. The van der Waals surface area contributed by atoms with Crippen LogP contribution in [0.25, 0.3) is 0 Å². The van der Waals surface area contributed by atoms with E-state index in [4.69, 9.17) is 39.9 Å². The second kappa shape index (κ2) is 10.2. The molecular weight excluding hydrogens is 415 g/mol. The molecule has 2 nitrogen and oxygen atoms in total. The van der Waals surface area contributed by atoms with E-state index in [1.165, 1.54) is 12.8 Å². The molecule has 0 heterocycles. The highest BCUT2D eigenvalue weighted by Crippen LogP contribution is 2.47. The third kappa shape index (κ3) is 5.55. The summed E-state index contributed by atoms with van der Waals surface area (Å²) < 4.78 is 0. The molecule has 0 saturated heterocycles. The van der Waals surface area contributed by atoms with Crippen molar-refractivity contribution >= 4 is 40.8 Å². The molecule has 1 fully saturated rings. The van der Waals surface area contributed by atoms with Crippen LogP contribution < -0.4 is 0 Å². The number of unbranched alkanes of at least 4 members (excludes halogenated alkanes) is 1. The standard InChI is InChI=1S/C23H27Cl3O2/c24-17-13-21(25)20(22(26)14-17)7-4-6-19-16-11-9-15(10-12-16)18(19)5-2-1-3-8-23(27)28/h2,5,9,11,13-16,18-19H,1,3-4,6-8,10,12H2,(H,27,28)/b5-2-/t15-,16+,18+,19+/m1/s1. The highest BCUT2D eigenvalue weighted by atomic mass is 35.5. The van der Waals surface area contributed by atoms with E-state index in [1.54, 1.807) is 12.1 Å². The molecule has 3 aliphatic rings. The van der Waals surface area contributed by atoms with Crippen molar-refractivity contribution < 1.29 is 9.90 Å². The highest BCUT2D eigenvalue weighted by Gasteiger charge is 2.38. The monoisotopic (exact) mass is 440 g/mol. The molecule has 1 saturated carbocycles. The number of fused-ring (bicyclic) bond motifs is 2. The molecule has 152 valence electrons. The number of aliphatic carboxylic acids is 1. The van der Waals surface area contributed by atoms with Crippen LogP contribution in [0.3, 0.4) is 0 Å². The Balaban J connectivity index is 1.58. The van der Waals surface area contributed by atoms with Gasteiger partial charge in [0.25, 0.3) is 0 Å². The van der Waals surface area contributed by atoms with Gasteiger partial charge in [-0.2, -0.15) is 0 Å². The third-order valence-electron chi connectivity index (χ3n) is 6.17. The van der Waals surface area contributed by atoms with Gasteiger partial charge in [-0.25, -0.2) is 0 Å². The maximum Gasteiger partial charge on any atom is 0.303 e. The molecule has 4 atom stereocenters. The summed E-state index contributed by atoms with van der Waals surface area (Å²) in [6, 6.07) is 3.52. The fourth-order valence-corrected chi connectivity index (χ4v) is 5.79. The predicted molar refractivity (Wildman–Crippen MR) is 117 cm³/mol. The molecule has 28 heavy (non-hydrogen) atoms. The van der Waals surface area contributed by atoms with Crippen molar-refractivity contribution in [3.05, 3.63) is 57.1 Å². The number of hydrogen-bond acceptors (Lipinski definition) is 1. The number of carbonyl (C=O) groups is 1. The average molecular weight is 442 g/mol. The Labute approximate surface area is 182 Å². The number of hydrogen-bond donors (Lipinski definition) is 1. The van der Waals surface area contributed by atoms with E-state index in [-0.39, 0.29) is 6.42 Å². The molecule has 0 aromatic heterocycles. The molecule has 0 aliphatic heterocycles. The molecule has 5 heteroatoms. The van der Waals surface area contributed by atoms with E-state index < -0.39 is 5.97 Å². The fraction of sp³-hybridized carbons (Fsp3) is 0.522. The number of carboxylic acids is 1. The van der Waals surface area contributed by atoms with Gasteiger partial charge in [-0.05, 0) is 86.3 Å². The number of halogens is 3. The number of rotatable bonds is 9. The van der Waals surface area contributed by atoms with Gasteiger partial charge >= 0.3 is 5.97 Å². The predicted octanol–water partition coefficient (Wildman–Crippen LogP) is 7.61. The largest absolute Gasteiger partial charge is 0.481 e. The van der Waals surface area contributed by atoms with Crippen LogP contribution in [0.2, 0.25) is 15.1 Å². The molecule has 2 bridgehead atoms. The summed E-state index contributed by atoms with van der Waals surface area (Å²) in [4.78, 5) is 10.7. The third-order valence-corrected chi connectivity index (χ3v) is 7.06. The van der Waals surface area contributed by atoms with Crippen LogP contribution in [0.1, 0.15) is 50.5 Å². The Hall–Kier alpha value is -0.960. The zero-order chi connectivity index (χ0) is 20.1. The van der Waals surface area contributed by atoms with Crippen molar-refractivity contribution in [3.63, 3.8) is 0 Å². The quantitative estimate of drug-likeness (QED) is 0.316. The summed E-state index contributed by atoms with van der Waals surface area (Å²) in [7, 11) is 0. The summed E-state index contributed by atoms with van der Waals surface area (Å²) in [5.74, 6) is 1.75. The van der Waals surface area contributed by atoms with E-state index in [0.29, 0.717) is 45.2 Å². The van der Waals surface area contributed by atoms with E-state index in [0.717, 1.165) is 31.2 Å². The fourth-order valence-electron chi connectivity index (χ4n) is 4.79. The van der Waals surface area contributed by atoms with Gasteiger partial charge in [0.1, 0.15) is 0 Å². The zero-order valence-corrected chi connectivity index (χ0v) is 18.2. The van der Waals surface area contributed by atoms with E-state index in [1.807, 2.05) is 0 Å². The van der Waals surface area contributed by atoms with Crippen LogP contribution in [0, 0.1) is 23.7 Å². The second-order valence-corrected chi connectivity index (χ2v) is 9.24. The van der Waals surface area contributed by atoms with Gasteiger partial charge in [0.2, 0.25) is 0 Å². The molecule has 0 amide bonds. The Morgan fingerprint density at radius 2 is 1.75 bits per heavy atom. The highest BCUT2D eigenvalue weighted by molar-refractivity contribution is 6.39. The van der Waals surface area contributed by atoms with Crippen LogP contribution in [0.15, 0.2) is 36.4 Å². The summed E-state index contributed by atoms with van der Waals surface area (Å²) >= 11 is 18.7. The molecular formula is C23H27Cl3O2. The van der Waals surface area contributed by atoms with E-state index in [9.17, 15) is 4.79 Å². The Morgan fingerprint density at radius 3 is 2.39 bits per heavy atom. The van der Waals surface area contributed by atoms with Crippen LogP contribution in [0.5, 0.6) is 0 Å². The van der Waals surface area contributed by atoms with Crippen molar-refractivity contribution in [2.75, 3.05) is 0 Å². The van der Waals surface area contributed by atoms with Gasteiger partial charge in [0.05, 0.1) is 0 Å². The van der Waals surface area contributed by atoms with Gasteiger partial charge in [-0.1, -0.05) is 59.1 Å².